The maximum atomic E-state index is 17.3. The fourth-order valence-electron chi connectivity index (χ4n) is 9.20. The van der Waals surface area contributed by atoms with E-state index in [2.05, 4.69) is 20.5 Å². The molecule has 270 valence electrons. The normalized spacial score (nSPS) is 29.1. The van der Waals surface area contributed by atoms with Crippen molar-refractivity contribution in [2.24, 2.45) is 5.92 Å². The first-order valence-electron chi connectivity index (χ1n) is 17.8. The van der Waals surface area contributed by atoms with Crippen molar-refractivity contribution in [3.05, 3.63) is 34.4 Å². The Morgan fingerprint density at radius 2 is 2.12 bits per heavy atom. The molecule has 10 rings (SSSR count). The summed E-state index contributed by atoms with van der Waals surface area (Å²) in [5.41, 5.74) is 5.55. The lowest BCUT2D eigenvalue weighted by Crippen LogP contribution is -2.43. The van der Waals surface area contributed by atoms with E-state index in [0.29, 0.717) is 37.7 Å². The number of carbonyl (C=O) groups excluding carboxylic acids is 1. The summed E-state index contributed by atoms with van der Waals surface area (Å²) >= 11 is 7.97. The van der Waals surface area contributed by atoms with Gasteiger partial charge in [0, 0.05) is 42.5 Å². The van der Waals surface area contributed by atoms with Crippen molar-refractivity contribution in [3.8, 4) is 29.0 Å². The zero-order valence-corrected chi connectivity index (χ0v) is 29.4. The Bertz CT molecular complexity index is 2250. The quantitative estimate of drug-likeness (QED) is 0.219. The summed E-state index contributed by atoms with van der Waals surface area (Å²) in [7, 11) is 0. The molecule has 5 fully saturated rings. The number of nitriles is 1. The van der Waals surface area contributed by atoms with Crippen LogP contribution in [0.4, 0.5) is 24.0 Å². The molecule has 4 aromatic rings. The molecule has 52 heavy (non-hydrogen) atoms. The number of amides is 1. The zero-order valence-electron chi connectivity index (χ0n) is 27.9. The molecule has 2 aromatic heterocycles. The number of nitrogens with zero attached hydrogens (tertiary/aromatic N) is 5. The van der Waals surface area contributed by atoms with E-state index < -0.39 is 23.3 Å². The van der Waals surface area contributed by atoms with Crippen LogP contribution in [0.15, 0.2) is 12.1 Å². The molecule has 1 saturated carbocycles. The molecule has 0 radical (unpaired) electrons. The molecule has 5 aliphatic heterocycles. The highest BCUT2D eigenvalue weighted by atomic mass is 35.5. The average Bonchev–Trinajstić information content (AvgIpc) is 3.99. The number of nitrogens with one attached hydrogen (secondary N) is 2. The van der Waals surface area contributed by atoms with Gasteiger partial charge in [0.05, 0.1) is 32.3 Å². The SMILES string of the molecule is N#Cc1c(N)sc2c(F)ccc(-c3c(Cl)c4c5c(nc(OC[C@@]67CCCN6C[C@H](F)C7)nc5c3F)N3CC(NC(=O)[C@@H]5NC5C5CC5)CC3CO4)c12. The molecule has 0 bridgehead atoms. The van der Waals surface area contributed by atoms with Crippen LogP contribution < -0.4 is 30.7 Å². The third-order valence-electron chi connectivity index (χ3n) is 11.9. The van der Waals surface area contributed by atoms with Gasteiger partial charge < -0.3 is 25.4 Å². The first kappa shape index (κ1) is 32.5. The molecule has 11 nitrogen and oxygen atoms in total. The lowest BCUT2D eigenvalue weighted by molar-refractivity contribution is -0.121. The van der Waals surface area contributed by atoms with E-state index in [1.54, 1.807) is 0 Å². The summed E-state index contributed by atoms with van der Waals surface area (Å²) in [6.07, 6.45) is 3.88. The second-order valence-corrected chi connectivity index (χ2v) is 16.5. The van der Waals surface area contributed by atoms with E-state index in [4.69, 9.17) is 31.8 Å². The van der Waals surface area contributed by atoms with E-state index >= 15 is 8.78 Å². The largest absolute Gasteiger partial charge is 0.489 e. The molecule has 3 unspecified atom stereocenters. The van der Waals surface area contributed by atoms with Gasteiger partial charge in [-0.2, -0.15) is 15.2 Å². The van der Waals surface area contributed by atoms with Gasteiger partial charge in [0.15, 0.2) is 11.6 Å². The third kappa shape index (κ3) is 4.94. The predicted octanol–water partition coefficient (Wildman–Crippen LogP) is 5.06. The summed E-state index contributed by atoms with van der Waals surface area (Å²) in [6.45, 7) is 1.77. The number of ether oxygens (including phenoxy) is 2. The van der Waals surface area contributed by atoms with Gasteiger partial charge in [-0.3, -0.25) is 15.0 Å². The van der Waals surface area contributed by atoms with Gasteiger partial charge in [0.1, 0.15) is 53.6 Å². The maximum absolute atomic E-state index is 17.3. The van der Waals surface area contributed by atoms with Gasteiger partial charge in [-0.1, -0.05) is 17.7 Å². The van der Waals surface area contributed by atoms with E-state index in [0.717, 1.165) is 43.6 Å². The Kier molecular flexibility index (Phi) is 7.32. The Morgan fingerprint density at radius 3 is 2.92 bits per heavy atom. The fourth-order valence-corrected chi connectivity index (χ4v) is 10.5. The molecule has 0 spiro atoms. The number of halogens is 4. The van der Waals surface area contributed by atoms with Crippen LogP contribution in [0, 0.1) is 28.9 Å². The van der Waals surface area contributed by atoms with Gasteiger partial charge in [-0.05, 0) is 56.2 Å². The van der Waals surface area contributed by atoms with Gasteiger partial charge in [0.25, 0.3) is 0 Å². The number of carbonyl (C=O) groups is 1. The molecule has 1 amide bonds. The van der Waals surface area contributed by atoms with Crippen molar-refractivity contribution >= 4 is 60.7 Å². The molecule has 4 N–H and O–H groups in total. The summed E-state index contributed by atoms with van der Waals surface area (Å²) in [4.78, 5) is 26.7. The summed E-state index contributed by atoms with van der Waals surface area (Å²) in [6, 6.07) is 4.08. The van der Waals surface area contributed by atoms with E-state index in [-0.39, 0.29) is 103 Å². The highest BCUT2D eigenvalue weighted by Gasteiger charge is 2.52. The van der Waals surface area contributed by atoms with Crippen LogP contribution in [-0.4, -0.2) is 89.5 Å². The zero-order chi connectivity index (χ0) is 35.6. The third-order valence-corrected chi connectivity index (χ3v) is 13.2. The summed E-state index contributed by atoms with van der Waals surface area (Å²) in [5.74, 6) is -0.400. The minimum absolute atomic E-state index is 0.0194. The number of thiophene rings is 1. The standard InChI is InChI=1S/C36H34ClF3N8O3S/c37-25-23(19-4-5-21(39)31-22(19)20(10-41)32(42)52-31)26(40)28-24-30(25)50-13-18-8-17(43-34(49)29-27(44-29)15-2-3-15)12-48(18)33(24)46-35(45-28)51-14-36-6-1-7-47(36)11-16(38)9-36/h4-5,15-18,27,29,44H,1-3,6-9,11-14,42H2,(H,43,49)/t16-,17?,18?,27?,29-,36+/m1/s1. The van der Waals surface area contributed by atoms with E-state index in [1.165, 1.54) is 12.1 Å². The molecule has 16 heteroatoms. The number of hydrogen-bond donors (Lipinski definition) is 3. The lowest BCUT2D eigenvalue weighted by Gasteiger charge is -2.31. The number of alkyl halides is 1. The number of fused-ring (bicyclic) bond motifs is 4. The minimum Gasteiger partial charge on any atom is -0.489 e. The van der Waals surface area contributed by atoms with Crippen molar-refractivity contribution in [2.45, 2.75) is 74.4 Å². The number of anilines is 2. The Balaban J connectivity index is 1.09. The highest BCUT2D eigenvalue weighted by Crippen LogP contribution is 2.52. The number of aromatic nitrogens is 2. The molecule has 4 saturated heterocycles. The van der Waals surface area contributed by atoms with Gasteiger partial charge >= 0.3 is 6.01 Å². The first-order chi connectivity index (χ1) is 25.1. The molecule has 6 atom stereocenters. The highest BCUT2D eigenvalue weighted by molar-refractivity contribution is 7.23. The van der Waals surface area contributed by atoms with Crippen molar-refractivity contribution < 1.29 is 27.4 Å². The van der Waals surface area contributed by atoms with Crippen LogP contribution in [0.5, 0.6) is 11.8 Å². The average molecular weight is 751 g/mol. The number of nitrogen functional groups attached to an aromatic ring is 1. The van der Waals surface area contributed by atoms with Gasteiger partial charge in [-0.15, -0.1) is 11.3 Å². The van der Waals surface area contributed by atoms with Crippen molar-refractivity contribution in [2.75, 3.05) is 43.5 Å². The summed E-state index contributed by atoms with van der Waals surface area (Å²) in [5, 5.41) is 16.9. The van der Waals surface area contributed by atoms with Crippen LogP contribution in [0.1, 0.15) is 44.1 Å². The minimum atomic E-state index is -0.965. The van der Waals surface area contributed by atoms with Crippen molar-refractivity contribution in [1.82, 2.24) is 25.5 Å². The molecular weight excluding hydrogens is 717 g/mol. The number of nitrogens with two attached hydrogens (primary N) is 1. The lowest BCUT2D eigenvalue weighted by atomic mass is 9.95. The predicted molar refractivity (Wildman–Crippen MR) is 190 cm³/mol. The van der Waals surface area contributed by atoms with Crippen LogP contribution >= 0.6 is 22.9 Å². The van der Waals surface area contributed by atoms with Gasteiger partial charge in [0.2, 0.25) is 5.91 Å². The molecule has 7 heterocycles. The first-order valence-corrected chi connectivity index (χ1v) is 18.9. The second kappa shape index (κ2) is 11.7. The van der Waals surface area contributed by atoms with Crippen molar-refractivity contribution in [3.63, 3.8) is 0 Å². The fraction of sp³-hybridized carbons (Fsp3) is 0.500. The number of benzene rings is 2. The number of hydrogen-bond acceptors (Lipinski definition) is 11. The van der Waals surface area contributed by atoms with Crippen LogP contribution in [0.3, 0.4) is 0 Å². The van der Waals surface area contributed by atoms with Gasteiger partial charge in [-0.25, -0.2) is 13.2 Å². The maximum Gasteiger partial charge on any atom is 0.319 e. The van der Waals surface area contributed by atoms with Crippen molar-refractivity contribution in [1.29, 1.82) is 5.26 Å². The van der Waals surface area contributed by atoms with E-state index in [9.17, 15) is 14.4 Å². The molecule has 2 aromatic carbocycles. The smallest absolute Gasteiger partial charge is 0.319 e. The van der Waals surface area contributed by atoms with E-state index in [1.807, 2.05) is 11.0 Å². The molecular formula is C36H34ClF3N8O3S. The monoisotopic (exact) mass is 750 g/mol. The van der Waals surface area contributed by atoms with Crippen LogP contribution in [-0.2, 0) is 4.79 Å². The molecule has 1 aliphatic carbocycles. The Labute approximate surface area is 305 Å². The topological polar surface area (TPSA) is 152 Å². The Hall–Kier alpha value is -4.10. The van der Waals surface area contributed by atoms with Crippen LogP contribution in [0.25, 0.3) is 32.1 Å². The van der Waals surface area contributed by atoms with Crippen LogP contribution in [0.2, 0.25) is 5.02 Å². The number of rotatable bonds is 7. The molecule has 6 aliphatic rings. The Morgan fingerprint density at radius 1 is 1.27 bits per heavy atom. The second-order valence-electron chi connectivity index (χ2n) is 15.1. The summed E-state index contributed by atoms with van der Waals surface area (Å²) < 4.78 is 59.8.